The maximum Gasteiger partial charge on any atom is 0.416 e. The monoisotopic (exact) mass is 421 g/mol. The molecule has 0 atom stereocenters. The summed E-state index contributed by atoms with van der Waals surface area (Å²) >= 11 is 5.99. The van der Waals surface area contributed by atoms with E-state index in [1.165, 1.54) is 0 Å². The summed E-state index contributed by atoms with van der Waals surface area (Å²) in [5, 5.41) is 3.98. The number of alkyl halides is 3. The summed E-state index contributed by atoms with van der Waals surface area (Å²) in [6.07, 6.45) is 2.37. The molecule has 2 N–H and O–H groups in total. The van der Waals surface area contributed by atoms with Gasteiger partial charge in [-0.2, -0.15) is 13.2 Å². The molecule has 0 saturated heterocycles. The number of anilines is 2. The Morgan fingerprint density at radius 3 is 2.48 bits per heavy atom. The van der Waals surface area contributed by atoms with E-state index in [-0.39, 0.29) is 11.6 Å². The molecule has 5 nitrogen and oxygen atoms in total. The number of nitrogens with one attached hydrogen (secondary N) is 2. The number of pyridine rings is 1. The van der Waals surface area contributed by atoms with Crippen molar-refractivity contribution in [2.75, 3.05) is 5.32 Å². The normalized spacial score (nSPS) is 11.8. The molecule has 1 aromatic carbocycles. The number of aromatic amines is 1. The van der Waals surface area contributed by atoms with E-state index in [1.807, 2.05) is 6.20 Å². The third-order valence-corrected chi connectivity index (χ3v) is 4.43. The Labute approximate surface area is 166 Å². The summed E-state index contributed by atoms with van der Waals surface area (Å²) in [5.74, 6) is -0.980. The zero-order valence-corrected chi connectivity index (χ0v) is 15.3. The maximum atomic E-state index is 13.9. The predicted octanol–water partition coefficient (Wildman–Crippen LogP) is 5.50. The third kappa shape index (κ3) is 4.14. The molecule has 0 aliphatic rings. The zero-order chi connectivity index (χ0) is 20.6. The van der Waals surface area contributed by atoms with Crippen LogP contribution in [0.4, 0.5) is 29.2 Å². The summed E-state index contributed by atoms with van der Waals surface area (Å²) in [4.78, 5) is 15.5. The molecule has 0 saturated carbocycles. The van der Waals surface area contributed by atoms with E-state index in [2.05, 4.69) is 25.3 Å². The van der Waals surface area contributed by atoms with Crippen LogP contribution in [0.2, 0.25) is 5.02 Å². The average Bonchev–Trinajstić information content (AvgIpc) is 3.06. The van der Waals surface area contributed by atoms with Gasteiger partial charge in [0.05, 0.1) is 16.3 Å². The van der Waals surface area contributed by atoms with Gasteiger partial charge in [-0.1, -0.05) is 11.6 Å². The number of benzene rings is 1. The van der Waals surface area contributed by atoms with Crippen LogP contribution in [0.3, 0.4) is 0 Å². The topological polar surface area (TPSA) is 66.5 Å². The van der Waals surface area contributed by atoms with Crippen molar-refractivity contribution in [2.24, 2.45) is 0 Å². The number of H-pyrrole nitrogens is 1. The van der Waals surface area contributed by atoms with Gasteiger partial charge >= 0.3 is 6.18 Å². The number of hydrogen-bond donors (Lipinski definition) is 2. The molecule has 0 aliphatic carbocycles. The van der Waals surface area contributed by atoms with Crippen LogP contribution in [-0.2, 0) is 12.6 Å². The molecule has 4 aromatic rings. The van der Waals surface area contributed by atoms with Crippen LogP contribution < -0.4 is 5.32 Å². The van der Waals surface area contributed by atoms with E-state index in [9.17, 15) is 17.6 Å². The van der Waals surface area contributed by atoms with E-state index in [0.717, 1.165) is 28.6 Å². The molecule has 0 bridgehead atoms. The van der Waals surface area contributed by atoms with Crippen LogP contribution in [0.5, 0.6) is 0 Å². The van der Waals surface area contributed by atoms with E-state index in [4.69, 9.17) is 11.6 Å². The summed E-state index contributed by atoms with van der Waals surface area (Å²) in [5.41, 5.74) is 1.23. The van der Waals surface area contributed by atoms with Crippen molar-refractivity contribution in [3.05, 3.63) is 76.6 Å². The van der Waals surface area contributed by atoms with Gasteiger partial charge in [0.15, 0.2) is 0 Å². The Balaban J connectivity index is 1.50. The van der Waals surface area contributed by atoms with Gasteiger partial charge in [0.25, 0.3) is 0 Å². The molecule has 4 rings (SSSR count). The molecule has 0 aliphatic heterocycles. The Morgan fingerprint density at radius 2 is 1.79 bits per heavy atom. The number of aromatic nitrogens is 4. The molecule has 0 radical (unpaired) electrons. The van der Waals surface area contributed by atoms with Gasteiger partial charge in [-0.05, 0) is 35.4 Å². The number of halogens is 5. The first-order chi connectivity index (χ1) is 13.8. The Bertz CT molecular complexity index is 1170. The van der Waals surface area contributed by atoms with Crippen molar-refractivity contribution in [1.29, 1.82) is 0 Å². The summed E-state index contributed by atoms with van der Waals surface area (Å²) < 4.78 is 51.8. The predicted molar refractivity (Wildman–Crippen MR) is 101 cm³/mol. The van der Waals surface area contributed by atoms with Crippen molar-refractivity contribution in [1.82, 2.24) is 19.9 Å². The Kier molecular flexibility index (Phi) is 4.83. The Morgan fingerprint density at radius 1 is 1.03 bits per heavy atom. The number of nitrogens with zero attached hydrogens (tertiary/aromatic N) is 3. The fraction of sp³-hybridized carbons (Fsp3) is 0.105. The average molecular weight is 422 g/mol. The quantitative estimate of drug-likeness (QED) is 0.427. The Hall–Kier alpha value is -3.20. The summed E-state index contributed by atoms with van der Waals surface area (Å²) in [6, 6.07) is 4.01. The minimum atomic E-state index is -4.61. The molecular formula is C19H12ClF4N5. The fourth-order valence-electron chi connectivity index (χ4n) is 2.82. The lowest BCUT2D eigenvalue weighted by molar-refractivity contribution is -0.137. The first kappa shape index (κ1) is 19.1. The number of hydrogen-bond acceptors (Lipinski definition) is 4. The van der Waals surface area contributed by atoms with Crippen molar-refractivity contribution in [3.63, 3.8) is 0 Å². The van der Waals surface area contributed by atoms with Gasteiger partial charge in [0.1, 0.15) is 11.5 Å². The van der Waals surface area contributed by atoms with Gasteiger partial charge < -0.3 is 10.3 Å². The van der Waals surface area contributed by atoms with Crippen LogP contribution in [-0.4, -0.2) is 19.9 Å². The highest BCUT2D eigenvalue weighted by Gasteiger charge is 2.31. The second-order valence-electron chi connectivity index (χ2n) is 6.27. The minimum absolute atomic E-state index is 0.0658. The van der Waals surface area contributed by atoms with E-state index in [1.54, 1.807) is 24.7 Å². The highest BCUT2D eigenvalue weighted by Crippen LogP contribution is 2.31. The molecular weight excluding hydrogens is 410 g/mol. The highest BCUT2D eigenvalue weighted by atomic mass is 35.5. The van der Waals surface area contributed by atoms with Crippen molar-refractivity contribution in [3.8, 4) is 0 Å². The maximum absolute atomic E-state index is 13.9. The zero-order valence-electron chi connectivity index (χ0n) is 14.6. The molecule has 0 spiro atoms. The molecule has 29 heavy (non-hydrogen) atoms. The molecule has 0 amide bonds. The highest BCUT2D eigenvalue weighted by molar-refractivity contribution is 6.31. The largest absolute Gasteiger partial charge is 0.416 e. The molecule has 10 heteroatoms. The second-order valence-corrected chi connectivity index (χ2v) is 6.71. The summed E-state index contributed by atoms with van der Waals surface area (Å²) in [7, 11) is 0. The number of rotatable bonds is 4. The van der Waals surface area contributed by atoms with Gasteiger partial charge in [0, 0.05) is 36.6 Å². The van der Waals surface area contributed by atoms with Gasteiger partial charge in [0.2, 0.25) is 5.95 Å². The standard InChI is InChI=1S/C19H12ClF4N5/c20-13-5-14-11(8-25-17(14)26-9-13)3-10-6-27-18(28-7-10)29-16-2-1-12(4-15(16)21)19(22,23)24/h1-2,4-9H,3H2,(H,25,26)(H,27,28,29). The first-order valence-corrected chi connectivity index (χ1v) is 8.73. The van der Waals surface area contributed by atoms with Crippen LogP contribution in [0.1, 0.15) is 16.7 Å². The van der Waals surface area contributed by atoms with Crippen LogP contribution in [0.15, 0.2) is 49.1 Å². The lowest BCUT2D eigenvalue weighted by Gasteiger charge is -2.10. The van der Waals surface area contributed by atoms with Crippen molar-refractivity contribution < 1.29 is 17.6 Å². The lowest BCUT2D eigenvalue weighted by Crippen LogP contribution is -2.06. The van der Waals surface area contributed by atoms with Gasteiger partial charge in [-0.3, -0.25) is 0 Å². The molecule has 3 aromatic heterocycles. The van der Waals surface area contributed by atoms with E-state index >= 15 is 0 Å². The van der Waals surface area contributed by atoms with Crippen molar-refractivity contribution in [2.45, 2.75) is 12.6 Å². The second kappa shape index (κ2) is 7.32. The molecule has 0 unspecified atom stereocenters. The molecule has 0 fully saturated rings. The van der Waals surface area contributed by atoms with E-state index < -0.39 is 17.6 Å². The SMILES string of the molecule is Fc1cc(C(F)(F)F)ccc1Nc1ncc(Cc2c[nH]c3ncc(Cl)cc23)cn1. The third-order valence-electron chi connectivity index (χ3n) is 4.23. The van der Waals surface area contributed by atoms with Crippen LogP contribution in [0.25, 0.3) is 11.0 Å². The minimum Gasteiger partial charge on any atom is -0.346 e. The van der Waals surface area contributed by atoms with Crippen LogP contribution >= 0.6 is 11.6 Å². The van der Waals surface area contributed by atoms with Gasteiger partial charge in [-0.15, -0.1) is 0 Å². The fourth-order valence-corrected chi connectivity index (χ4v) is 2.98. The van der Waals surface area contributed by atoms with E-state index in [0.29, 0.717) is 23.2 Å². The van der Waals surface area contributed by atoms with Crippen LogP contribution in [0, 0.1) is 5.82 Å². The molecule has 3 heterocycles. The molecule has 148 valence electrons. The van der Waals surface area contributed by atoms with Gasteiger partial charge in [-0.25, -0.2) is 19.3 Å². The van der Waals surface area contributed by atoms with Crippen molar-refractivity contribution >= 4 is 34.3 Å². The lowest BCUT2D eigenvalue weighted by atomic mass is 10.1. The first-order valence-electron chi connectivity index (χ1n) is 8.36. The summed E-state index contributed by atoms with van der Waals surface area (Å²) in [6.45, 7) is 0. The smallest absolute Gasteiger partial charge is 0.346 e. The number of fused-ring (bicyclic) bond motifs is 1.